The molecule has 0 aromatic carbocycles. The van der Waals surface area contributed by atoms with Crippen molar-refractivity contribution in [1.29, 1.82) is 0 Å². The molecule has 18 heavy (non-hydrogen) atoms. The Morgan fingerprint density at radius 1 is 1.56 bits per heavy atom. The summed E-state index contributed by atoms with van der Waals surface area (Å²) in [6.07, 6.45) is 0.585. The highest BCUT2D eigenvalue weighted by Crippen LogP contribution is 2.34. The molecule has 0 fully saturated rings. The maximum atomic E-state index is 10.1. The number of ether oxygens (including phenoxy) is 1. The zero-order chi connectivity index (χ0) is 13.8. The Labute approximate surface area is 122 Å². The van der Waals surface area contributed by atoms with E-state index in [1.807, 2.05) is 13.0 Å². The normalized spacial score (nSPS) is 16.6. The number of aliphatic hydroxyl groups is 1. The Kier molecular flexibility index (Phi) is 6.38. The van der Waals surface area contributed by atoms with Gasteiger partial charge in [-0.1, -0.05) is 23.2 Å². The zero-order valence-corrected chi connectivity index (χ0v) is 13.1. The molecule has 3 nitrogen and oxygen atoms in total. The molecule has 0 saturated carbocycles. The molecule has 0 aliphatic rings. The third-order valence-corrected chi connectivity index (χ3v) is 4.30. The monoisotopic (exact) mass is 311 g/mol. The summed E-state index contributed by atoms with van der Waals surface area (Å²) in [5.41, 5.74) is 0.172. The molecule has 1 heterocycles. The van der Waals surface area contributed by atoms with E-state index in [4.69, 9.17) is 27.9 Å². The highest BCUT2D eigenvalue weighted by Gasteiger charge is 2.22. The summed E-state index contributed by atoms with van der Waals surface area (Å²) < 4.78 is 6.33. The van der Waals surface area contributed by atoms with Crippen molar-refractivity contribution in [1.82, 2.24) is 5.32 Å². The molecule has 1 aromatic rings. The minimum absolute atomic E-state index is 0.0512. The highest BCUT2D eigenvalue weighted by atomic mass is 35.5. The molecular formula is C12H19Cl2NO2S. The van der Waals surface area contributed by atoms with Crippen LogP contribution in [0.4, 0.5) is 0 Å². The fourth-order valence-electron chi connectivity index (χ4n) is 1.54. The number of nitrogens with one attached hydrogen (secondary N) is 1. The van der Waals surface area contributed by atoms with Crippen LogP contribution in [0.3, 0.4) is 0 Å². The highest BCUT2D eigenvalue weighted by molar-refractivity contribution is 7.20. The Hall–Kier alpha value is 0.160. The Balaban J connectivity index is 2.50. The first-order chi connectivity index (χ1) is 8.35. The van der Waals surface area contributed by atoms with Gasteiger partial charge < -0.3 is 15.2 Å². The van der Waals surface area contributed by atoms with E-state index in [0.717, 1.165) is 5.56 Å². The zero-order valence-electron chi connectivity index (χ0n) is 10.8. The maximum Gasteiger partial charge on any atom is 0.0991 e. The number of halogens is 2. The second-order valence-electron chi connectivity index (χ2n) is 4.62. The third-order valence-electron chi connectivity index (χ3n) is 2.78. The van der Waals surface area contributed by atoms with Gasteiger partial charge in [-0.05, 0) is 25.5 Å². The molecule has 1 aromatic heterocycles. The van der Waals surface area contributed by atoms with Gasteiger partial charge in [-0.3, -0.25) is 0 Å². The van der Waals surface area contributed by atoms with E-state index in [1.54, 1.807) is 14.0 Å². The van der Waals surface area contributed by atoms with Crippen LogP contribution in [0.1, 0.15) is 31.9 Å². The van der Waals surface area contributed by atoms with E-state index in [9.17, 15) is 5.11 Å². The molecule has 104 valence electrons. The Morgan fingerprint density at radius 3 is 2.72 bits per heavy atom. The lowest BCUT2D eigenvalue weighted by Crippen LogP contribution is -2.39. The first-order valence-electron chi connectivity index (χ1n) is 5.75. The predicted octanol–water partition coefficient (Wildman–Crippen LogP) is 3.49. The van der Waals surface area contributed by atoms with Crippen LogP contribution in [0.2, 0.25) is 8.67 Å². The van der Waals surface area contributed by atoms with Gasteiger partial charge in [-0.2, -0.15) is 0 Å². The van der Waals surface area contributed by atoms with E-state index in [-0.39, 0.29) is 6.04 Å². The van der Waals surface area contributed by atoms with E-state index >= 15 is 0 Å². The minimum atomic E-state index is -0.795. The van der Waals surface area contributed by atoms with Gasteiger partial charge in [0.1, 0.15) is 0 Å². The molecule has 2 N–H and O–H groups in total. The lowest BCUT2D eigenvalue weighted by atomic mass is 10.0. The van der Waals surface area contributed by atoms with Crippen molar-refractivity contribution >= 4 is 34.5 Å². The van der Waals surface area contributed by atoms with Crippen LogP contribution in [0, 0.1) is 0 Å². The molecule has 0 aliphatic heterocycles. The summed E-state index contributed by atoms with van der Waals surface area (Å²) in [6, 6.07) is 1.91. The third kappa shape index (κ3) is 5.03. The van der Waals surface area contributed by atoms with Gasteiger partial charge in [0.15, 0.2) is 0 Å². The fraction of sp³-hybridized carbons (Fsp3) is 0.667. The molecule has 6 heteroatoms. The van der Waals surface area contributed by atoms with Crippen LogP contribution in [0.25, 0.3) is 0 Å². The van der Waals surface area contributed by atoms with Crippen molar-refractivity contribution in [2.24, 2.45) is 0 Å². The summed E-state index contributed by atoms with van der Waals surface area (Å²) in [4.78, 5) is 0. The van der Waals surface area contributed by atoms with Crippen molar-refractivity contribution in [3.63, 3.8) is 0 Å². The topological polar surface area (TPSA) is 41.5 Å². The smallest absolute Gasteiger partial charge is 0.0991 e. The van der Waals surface area contributed by atoms with Crippen molar-refractivity contribution in [2.75, 3.05) is 20.3 Å². The Bertz CT molecular complexity index is 382. The van der Waals surface area contributed by atoms with E-state index in [0.29, 0.717) is 28.2 Å². The van der Waals surface area contributed by atoms with Crippen LogP contribution in [0.15, 0.2) is 6.07 Å². The molecule has 0 radical (unpaired) electrons. The van der Waals surface area contributed by atoms with E-state index < -0.39 is 5.60 Å². The molecule has 1 rings (SSSR count). The molecular weight excluding hydrogens is 293 g/mol. The van der Waals surface area contributed by atoms with Crippen LogP contribution in [-0.4, -0.2) is 31.0 Å². The van der Waals surface area contributed by atoms with Crippen LogP contribution >= 0.6 is 34.5 Å². The van der Waals surface area contributed by atoms with Crippen molar-refractivity contribution in [3.05, 3.63) is 20.3 Å². The summed E-state index contributed by atoms with van der Waals surface area (Å²) in [5, 5.41) is 13.4. The van der Waals surface area contributed by atoms with Gasteiger partial charge in [-0.15, -0.1) is 11.3 Å². The number of hydrogen-bond acceptors (Lipinski definition) is 4. The first kappa shape index (κ1) is 16.2. The fourth-order valence-corrected chi connectivity index (χ4v) is 3.19. The van der Waals surface area contributed by atoms with Crippen molar-refractivity contribution in [2.45, 2.75) is 31.9 Å². The maximum absolute atomic E-state index is 10.1. The number of rotatable bonds is 7. The van der Waals surface area contributed by atoms with Crippen LogP contribution in [0.5, 0.6) is 0 Å². The van der Waals surface area contributed by atoms with Gasteiger partial charge >= 0.3 is 0 Å². The molecule has 0 bridgehead atoms. The molecule has 2 atom stereocenters. The number of hydrogen-bond donors (Lipinski definition) is 2. The number of thiophene rings is 1. The quantitative estimate of drug-likeness (QED) is 0.810. The van der Waals surface area contributed by atoms with Crippen LogP contribution < -0.4 is 5.32 Å². The molecule has 0 saturated heterocycles. The predicted molar refractivity (Wildman–Crippen MR) is 77.9 cm³/mol. The second-order valence-corrected chi connectivity index (χ2v) is 6.91. The van der Waals surface area contributed by atoms with Gasteiger partial charge in [-0.25, -0.2) is 0 Å². The van der Waals surface area contributed by atoms with Crippen molar-refractivity contribution < 1.29 is 9.84 Å². The van der Waals surface area contributed by atoms with Crippen molar-refractivity contribution in [3.8, 4) is 0 Å². The summed E-state index contributed by atoms with van der Waals surface area (Å²) in [6.45, 7) is 4.79. The average molecular weight is 312 g/mol. The molecule has 0 aliphatic carbocycles. The van der Waals surface area contributed by atoms with E-state index in [1.165, 1.54) is 11.3 Å². The first-order valence-corrected chi connectivity index (χ1v) is 7.32. The molecule has 2 unspecified atom stereocenters. The summed E-state index contributed by atoms with van der Waals surface area (Å²) >= 11 is 13.3. The Morgan fingerprint density at radius 2 is 2.22 bits per heavy atom. The van der Waals surface area contributed by atoms with E-state index in [2.05, 4.69) is 5.32 Å². The SMILES string of the molecule is COCCC(C)(O)CNC(C)c1cc(Cl)sc1Cl. The van der Waals surface area contributed by atoms with Gasteiger partial charge in [0.25, 0.3) is 0 Å². The number of methoxy groups -OCH3 is 1. The minimum Gasteiger partial charge on any atom is -0.389 e. The lowest BCUT2D eigenvalue weighted by Gasteiger charge is -2.25. The second kappa shape index (κ2) is 7.08. The average Bonchev–Trinajstić information content (AvgIpc) is 2.63. The van der Waals surface area contributed by atoms with Gasteiger partial charge in [0, 0.05) is 32.7 Å². The van der Waals surface area contributed by atoms with Gasteiger partial charge in [0.2, 0.25) is 0 Å². The largest absolute Gasteiger partial charge is 0.389 e. The standard InChI is InChI=1S/C12H19Cl2NO2S/c1-8(9-6-10(13)18-11(9)14)15-7-12(2,16)4-5-17-3/h6,8,15-16H,4-5,7H2,1-3H3. The summed E-state index contributed by atoms with van der Waals surface area (Å²) in [7, 11) is 1.62. The molecule has 0 spiro atoms. The van der Waals surface area contributed by atoms with Crippen LogP contribution in [-0.2, 0) is 4.74 Å². The molecule has 0 amide bonds. The summed E-state index contributed by atoms with van der Waals surface area (Å²) in [5.74, 6) is 0. The van der Waals surface area contributed by atoms with Gasteiger partial charge in [0.05, 0.1) is 14.3 Å². The lowest BCUT2D eigenvalue weighted by molar-refractivity contribution is 0.0231.